The summed E-state index contributed by atoms with van der Waals surface area (Å²) in [6, 6.07) is 0.891. The summed E-state index contributed by atoms with van der Waals surface area (Å²) in [5.41, 5.74) is 0. The Morgan fingerprint density at radius 1 is 1.36 bits per heavy atom. The molecule has 0 heterocycles. The first-order chi connectivity index (χ1) is 5.27. The summed E-state index contributed by atoms with van der Waals surface area (Å²) < 4.78 is 0. The summed E-state index contributed by atoms with van der Waals surface area (Å²) in [7, 11) is 0. The molecule has 2 saturated carbocycles. The molecule has 2 aliphatic carbocycles. The Morgan fingerprint density at radius 3 is 2.64 bits per heavy atom. The number of nitrogens with one attached hydrogen (secondary N) is 1. The molecule has 11 heavy (non-hydrogen) atoms. The van der Waals surface area contributed by atoms with Crippen LogP contribution in [0.2, 0.25) is 0 Å². The first kappa shape index (κ1) is 7.60. The van der Waals surface area contributed by atoms with Crippen molar-refractivity contribution >= 4 is 0 Å². The van der Waals surface area contributed by atoms with Crippen LogP contribution in [-0.2, 0) is 0 Å². The van der Waals surface area contributed by atoms with Gasteiger partial charge in [0, 0.05) is 6.04 Å². The first-order valence-electron chi connectivity index (χ1n) is 5.00. The van der Waals surface area contributed by atoms with E-state index in [1.807, 2.05) is 0 Å². The lowest BCUT2D eigenvalue weighted by Gasteiger charge is -2.15. The SMILES string of the molecule is CC(C)CNC1CCC2CC21. The normalized spacial score (nSPS) is 41.2. The average Bonchev–Trinajstić information content (AvgIpc) is 2.62. The van der Waals surface area contributed by atoms with E-state index in [4.69, 9.17) is 0 Å². The monoisotopic (exact) mass is 153 g/mol. The third kappa shape index (κ3) is 1.58. The lowest BCUT2D eigenvalue weighted by molar-refractivity contribution is 0.436. The lowest BCUT2D eigenvalue weighted by atomic mass is 10.1. The maximum absolute atomic E-state index is 3.67. The van der Waals surface area contributed by atoms with Crippen LogP contribution in [0.25, 0.3) is 0 Å². The Bertz CT molecular complexity index is 142. The van der Waals surface area contributed by atoms with Gasteiger partial charge in [-0.3, -0.25) is 0 Å². The predicted octanol–water partition coefficient (Wildman–Crippen LogP) is 2.03. The molecule has 0 aliphatic heterocycles. The quantitative estimate of drug-likeness (QED) is 0.654. The highest BCUT2D eigenvalue weighted by Gasteiger charge is 2.47. The summed E-state index contributed by atoms with van der Waals surface area (Å²) in [4.78, 5) is 0. The Balaban J connectivity index is 1.70. The highest BCUT2D eigenvalue weighted by molar-refractivity contribution is 5.01. The molecule has 3 unspecified atom stereocenters. The molecule has 2 aliphatic rings. The van der Waals surface area contributed by atoms with Crippen LogP contribution in [0.1, 0.15) is 33.1 Å². The zero-order valence-electron chi connectivity index (χ0n) is 7.64. The van der Waals surface area contributed by atoms with E-state index >= 15 is 0 Å². The van der Waals surface area contributed by atoms with Crippen molar-refractivity contribution in [3.05, 3.63) is 0 Å². The zero-order valence-corrected chi connectivity index (χ0v) is 7.64. The molecule has 64 valence electrons. The Labute approximate surface area is 69.6 Å². The molecular weight excluding hydrogens is 134 g/mol. The molecule has 0 aromatic carbocycles. The molecule has 0 bridgehead atoms. The fourth-order valence-corrected chi connectivity index (χ4v) is 2.34. The van der Waals surface area contributed by atoms with E-state index in [0.29, 0.717) is 0 Å². The molecule has 0 aromatic rings. The molecule has 1 nitrogen and oxygen atoms in total. The summed E-state index contributed by atoms with van der Waals surface area (Å²) in [5.74, 6) is 3.02. The molecule has 1 heteroatoms. The van der Waals surface area contributed by atoms with Crippen molar-refractivity contribution in [2.45, 2.75) is 39.2 Å². The van der Waals surface area contributed by atoms with E-state index in [1.165, 1.54) is 25.8 Å². The smallest absolute Gasteiger partial charge is 0.00982 e. The summed E-state index contributed by atoms with van der Waals surface area (Å²) in [6.07, 6.45) is 4.47. The van der Waals surface area contributed by atoms with Gasteiger partial charge in [0.15, 0.2) is 0 Å². The van der Waals surface area contributed by atoms with Gasteiger partial charge in [0.1, 0.15) is 0 Å². The highest BCUT2D eigenvalue weighted by Crippen LogP contribution is 2.51. The van der Waals surface area contributed by atoms with Gasteiger partial charge in [-0.05, 0) is 43.6 Å². The van der Waals surface area contributed by atoms with E-state index in [-0.39, 0.29) is 0 Å². The minimum absolute atomic E-state index is 0.813. The van der Waals surface area contributed by atoms with E-state index in [0.717, 1.165) is 23.8 Å². The second kappa shape index (κ2) is 2.78. The molecule has 2 fully saturated rings. The number of rotatable bonds is 3. The maximum atomic E-state index is 3.67. The van der Waals surface area contributed by atoms with Gasteiger partial charge in [0.25, 0.3) is 0 Å². The molecule has 0 radical (unpaired) electrons. The van der Waals surface area contributed by atoms with Crippen LogP contribution in [0, 0.1) is 17.8 Å². The van der Waals surface area contributed by atoms with E-state index in [9.17, 15) is 0 Å². The van der Waals surface area contributed by atoms with Crippen LogP contribution >= 0.6 is 0 Å². The average molecular weight is 153 g/mol. The maximum Gasteiger partial charge on any atom is 0.00982 e. The standard InChI is InChI=1S/C10H19N/c1-7(2)6-11-10-4-3-8-5-9(8)10/h7-11H,3-6H2,1-2H3. The van der Waals surface area contributed by atoms with Crippen molar-refractivity contribution in [2.24, 2.45) is 17.8 Å². The van der Waals surface area contributed by atoms with Gasteiger partial charge >= 0.3 is 0 Å². The second-order valence-electron chi connectivity index (χ2n) is 4.65. The third-order valence-electron chi connectivity index (χ3n) is 3.13. The van der Waals surface area contributed by atoms with Crippen LogP contribution in [0.4, 0.5) is 0 Å². The van der Waals surface area contributed by atoms with Crippen molar-refractivity contribution < 1.29 is 0 Å². The van der Waals surface area contributed by atoms with Crippen molar-refractivity contribution in [3.63, 3.8) is 0 Å². The first-order valence-corrected chi connectivity index (χ1v) is 5.00. The van der Waals surface area contributed by atoms with E-state index in [1.54, 1.807) is 0 Å². The molecule has 3 atom stereocenters. The Morgan fingerprint density at radius 2 is 2.18 bits per heavy atom. The molecule has 0 amide bonds. The minimum Gasteiger partial charge on any atom is -0.313 e. The largest absolute Gasteiger partial charge is 0.313 e. The van der Waals surface area contributed by atoms with Crippen LogP contribution in [0.15, 0.2) is 0 Å². The van der Waals surface area contributed by atoms with Crippen LogP contribution in [0.3, 0.4) is 0 Å². The van der Waals surface area contributed by atoms with Crippen molar-refractivity contribution in [1.82, 2.24) is 5.32 Å². The van der Waals surface area contributed by atoms with Gasteiger partial charge in [-0.1, -0.05) is 13.8 Å². The molecular formula is C10H19N. The second-order valence-corrected chi connectivity index (χ2v) is 4.65. The summed E-state index contributed by atoms with van der Waals surface area (Å²) in [5, 5.41) is 3.67. The van der Waals surface area contributed by atoms with Gasteiger partial charge in [0.05, 0.1) is 0 Å². The predicted molar refractivity (Wildman–Crippen MR) is 47.5 cm³/mol. The topological polar surface area (TPSA) is 12.0 Å². The molecule has 0 aromatic heterocycles. The van der Waals surface area contributed by atoms with Gasteiger partial charge in [-0.25, -0.2) is 0 Å². The van der Waals surface area contributed by atoms with Crippen LogP contribution in [0.5, 0.6) is 0 Å². The lowest BCUT2D eigenvalue weighted by Crippen LogP contribution is -2.32. The Hall–Kier alpha value is -0.0400. The molecule has 2 rings (SSSR count). The fourth-order valence-electron chi connectivity index (χ4n) is 2.34. The highest BCUT2D eigenvalue weighted by atomic mass is 14.9. The molecule has 0 saturated heterocycles. The van der Waals surface area contributed by atoms with Gasteiger partial charge < -0.3 is 5.32 Å². The zero-order chi connectivity index (χ0) is 7.84. The van der Waals surface area contributed by atoms with Crippen molar-refractivity contribution in [3.8, 4) is 0 Å². The number of fused-ring (bicyclic) bond motifs is 1. The van der Waals surface area contributed by atoms with Gasteiger partial charge in [-0.2, -0.15) is 0 Å². The van der Waals surface area contributed by atoms with Crippen molar-refractivity contribution in [1.29, 1.82) is 0 Å². The van der Waals surface area contributed by atoms with E-state index < -0.39 is 0 Å². The minimum atomic E-state index is 0.813. The van der Waals surface area contributed by atoms with Crippen LogP contribution < -0.4 is 5.32 Å². The molecule has 1 N–H and O–H groups in total. The van der Waals surface area contributed by atoms with Crippen molar-refractivity contribution in [2.75, 3.05) is 6.54 Å². The summed E-state index contributed by atoms with van der Waals surface area (Å²) >= 11 is 0. The molecule has 0 spiro atoms. The summed E-state index contributed by atoms with van der Waals surface area (Å²) in [6.45, 7) is 5.78. The number of hydrogen-bond acceptors (Lipinski definition) is 1. The van der Waals surface area contributed by atoms with Gasteiger partial charge in [-0.15, -0.1) is 0 Å². The fraction of sp³-hybridized carbons (Fsp3) is 1.00. The Kier molecular flexibility index (Phi) is 1.92. The van der Waals surface area contributed by atoms with Gasteiger partial charge in [0.2, 0.25) is 0 Å². The van der Waals surface area contributed by atoms with Crippen LogP contribution in [-0.4, -0.2) is 12.6 Å². The van der Waals surface area contributed by atoms with E-state index in [2.05, 4.69) is 19.2 Å². The number of hydrogen-bond donors (Lipinski definition) is 1. The third-order valence-corrected chi connectivity index (χ3v) is 3.13.